The molecule has 104 valence electrons. The van der Waals surface area contributed by atoms with Crippen molar-refractivity contribution in [2.75, 3.05) is 13.1 Å². The quantitative estimate of drug-likeness (QED) is 0.907. The van der Waals surface area contributed by atoms with Crippen LogP contribution in [0.4, 0.5) is 0 Å². The minimum absolute atomic E-state index is 0.362. The van der Waals surface area contributed by atoms with E-state index in [9.17, 15) is 0 Å². The maximum atomic E-state index is 6.08. The van der Waals surface area contributed by atoms with E-state index in [0.29, 0.717) is 12.6 Å². The molecular weight excluding hydrogens is 234 g/mol. The number of fused-ring (bicyclic) bond motifs is 1. The highest BCUT2D eigenvalue weighted by atomic mass is 15.2. The summed E-state index contributed by atoms with van der Waals surface area (Å²) in [5.41, 5.74) is 8.45. The Morgan fingerprint density at radius 3 is 2.89 bits per heavy atom. The first kappa shape index (κ1) is 13.1. The molecule has 3 rings (SSSR count). The molecule has 1 aromatic heterocycles. The van der Waals surface area contributed by atoms with Crippen molar-refractivity contribution >= 4 is 0 Å². The molecule has 2 aliphatic rings. The van der Waals surface area contributed by atoms with Gasteiger partial charge in [-0.15, -0.1) is 0 Å². The van der Waals surface area contributed by atoms with Crippen LogP contribution in [0.25, 0.3) is 0 Å². The minimum Gasteiger partial charge on any atom is -0.329 e. The predicted molar refractivity (Wildman–Crippen MR) is 77.8 cm³/mol. The molecule has 3 heteroatoms. The van der Waals surface area contributed by atoms with Crippen molar-refractivity contribution in [2.24, 2.45) is 11.7 Å². The van der Waals surface area contributed by atoms with Crippen molar-refractivity contribution < 1.29 is 0 Å². The van der Waals surface area contributed by atoms with E-state index in [4.69, 9.17) is 5.73 Å². The largest absolute Gasteiger partial charge is 0.329 e. The third kappa shape index (κ3) is 2.54. The van der Waals surface area contributed by atoms with Crippen molar-refractivity contribution in [3.8, 4) is 0 Å². The smallest absolute Gasteiger partial charge is 0.0488 e. The Bertz CT molecular complexity index is 415. The first-order valence-electron chi connectivity index (χ1n) is 7.68. The Hall–Kier alpha value is -0.930. The maximum absolute atomic E-state index is 6.08. The Balaban J connectivity index is 1.80. The van der Waals surface area contributed by atoms with Gasteiger partial charge in [0.25, 0.3) is 0 Å². The number of aryl methyl sites for hydroxylation is 1. The lowest BCUT2D eigenvalue weighted by Crippen LogP contribution is -2.40. The molecule has 0 aromatic carbocycles. The summed E-state index contributed by atoms with van der Waals surface area (Å²) < 4.78 is 0. The highest BCUT2D eigenvalue weighted by molar-refractivity contribution is 5.18. The van der Waals surface area contributed by atoms with Crippen LogP contribution >= 0.6 is 0 Å². The average molecular weight is 259 g/mol. The Morgan fingerprint density at radius 2 is 2.16 bits per heavy atom. The van der Waals surface area contributed by atoms with Gasteiger partial charge in [0, 0.05) is 30.5 Å². The zero-order valence-electron chi connectivity index (χ0n) is 11.9. The van der Waals surface area contributed by atoms with Gasteiger partial charge in [0.2, 0.25) is 0 Å². The molecule has 2 fully saturated rings. The van der Waals surface area contributed by atoms with E-state index in [-0.39, 0.29) is 0 Å². The third-order valence-electron chi connectivity index (χ3n) is 5.00. The van der Waals surface area contributed by atoms with Gasteiger partial charge < -0.3 is 5.73 Å². The van der Waals surface area contributed by atoms with Crippen LogP contribution in [-0.2, 0) is 0 Å². The summed E-state index contributed by atoms with van der Waals surface area (Å²) in [7, 11) is 0. The summed E-state index contributed by atoms with van der Waals surface area (Å²) >= 11 is 0. The van der Waals surface area contributed by atoms with Crippen LogP contribution in [0, 0.1) is 12.8 Å². The molecule has 3 nitrogen and oxygen atoms in total. The Kier molecular flexibility index (Phi) is 3.85. The normalized spacial score (nSPS) is 29.2. The fourth-order valence-electron chi connectivity index (χ4n) is 3.97. The lowest BCUT2D eigenvalue weighted by Gasteiger charge is -2.36. The van der Waals surface area contributed by atoms with Crippen molar-refractivity contribution in [3.05, 3.63) is 29.6 Å². The van der Waals surface area contributed by atoms with Gasteiger partial charge in [0.1, 0.15) is 0 Å². The van der Waals surface area contributed by atoms with E-state index in [1.165, 1.54) is 44.2 Å². The summed E-state index contributed by atoms with van der Waals surface area (Å²) in [5, 5.41) is 0. The highest BCUT2D eigenvalue weighted by Gasteiger charge is 2.38. The lowest BCUT2D eigenvalue weighted by atomic mass is 9.84. The third-order valence-corrected chi connectivity index (χ3v) is 5.00. The molecule has 3 atom stereocenters. The molecule has 1 aliphatic heterocycles. The number of aromatic nitrogens is 1. The van der Waals surface area contributed by atoms with Gasteiger partial charge in [-0.1, -0.05) is 18.9 Å². The summed E-state index contributed by atoms with van der Waals surface area (Å²) in [6.45, 7) is 3.95. The minimum atomic E-state index is 0.362. The van der Waals surface area contributed by atoms with Gasteiger partial charge in [0.15, 0.2) is 0 Å². The Morgan fingerprint density at radius 1 is 1.32 bits per heavy atom. The fourth-order valence-corrected chi connectivity index (χ4v) is 3.97. The van der Waals surface area contributed by atoms with Crippen LogP contribution in [0.3, 0.4) is 0 Å². The molecule has 2 heterocycles. The van der Waals surface area contributed by atoms with Gasteiger partial charge in [0.05, 0.1) is 0 Å². The monoisotopic (exact) mass is 259 g/mol. The topological polar surface area (TPSA) is 42.1 Å². The van der Waals surface area contributed by atoms with Crippen molar-refractivity contribution in [1.82, 2.24) is 9.88 Å². The van der Waals surface area contributed by atoms with Gasteiger partial charge >= 0.3 is 0 Å². The molecule has 3 unspecified atom stereocenters. The number of hydrogen-bond acceptors (Lipinski definition) is 3. The number of hydrogen-bond donors (Lipinski definition) is 1. The molecule has 0 amide bonds. The summed E-state index contributed by atoms with van der Waals surface area (Å²) in [4.78, 5) is 7.10. The number of rotatable bonds is 3. The molecule has 0 radical (unpaired) electrons. The second-order valence-corrected chi connectivity index (χ2v) is 6.12. The number of nitrogens with two attached hydrogens (primary N) is 1. The first-order chi connectivity index (χ1) is 9.29. The van der Waals surface area contributed by atoms with Crippen molar-refractivity contribution in [2.45, 2.75) is 51.1 Å². The molecule has 1 saturated carbocycles. The van der Waals surface area contributed by atoms with Crippen molar-refractivity contribution in [3.63, 3.8) is 0 Å². The summed E-state index contributed by atoms with van der Waals surface area (Å²) in [6, 6.07) is 5.44. The van der Waals surface area contributed by atoms with Crippen LogP contribution in [-0.4, -0.2) is 29.0 Å². The molecule has 0 spiro atoms. The zero-order valence-corrected chi connectivity index (χ0v) is 11.9. The molecule has 19 heavy (non-hydrogen) atoms. The average Bonchev–Trinajstić information content (AvgIpc) is 2.86. The predicted octanol–water partition coefficient (Wildman–Crippen LogP) is 2.65. The standard InChI is InChI=1S/C16H25N3/c1-12-6-7-14(11-18-12)16(10-17)19-9-8-13-4-2-3-5-15(13)19/h6-7,11,13,15-16H,2-5,8-10,17H2,1H3. The van der Waals surface area contributed by atoms with E-state index in [1.807, 2.05) is 13.1 Å². The number of nitrogens with zero attached hydrogens (tertiary/aromatic N) is 2. The van der Waals surface area contributed by atoms with E-state index in [1.54, 1.807) is 0 Å². The van der Waals surface area contributed by atoms with Crippen LogP contribution in [0.2, 0.25) is 0 Å². The molecule has 0 bridgehead atoms. The summed E-state index contributed by atoms with van der Waals surface area (Å²) in [5.74, 6) is 0.918. The maximum Gasteiger partial charge on any atom is 0.0488 e. The van der Waals surface area contributed by atoms with Crippen molar-refractivity contribution in [1.29, 1.82) is 0 Å². The Labute approximate surface area is 116 Å². The van der Waals surface area contributed by atoms with E-state index in [2.05, 4.69) is 22.0 Å². The molecule has 2 N–H and O–H groups in total. The van der Waals surface area contributed by atoms with E-state index < -0.39 is 0 Å². The molecule has 1 aliphatic carbocycles. The molecule has 1 aromatic rings. The number of likely N-dealkylation sites (tertiary alicyclic amines) is 1. The number of pyridine rings is 1. The van der Waals surface area contributed by atoms with Crippen LogP contribution in [0.1, 0.15) is 49.4 Å². The van der Waals surface area contributed by atoms with Gasteiger partial charge in [-0.3, -0.25) is 9.88 Å². The molecular formula is C16H25N3. The van der Waals surface area contributed by atoms with Gasteiger partial charge in [-0.05, 0) is 50.3 Å². The lowest BCUT2D eigenvalue weighted by molar-refractivity contribution is 0.135. The first-order valence-corrected chi connectivity index (χ1v) is 7.68. The summed E-state index contributed by atoms with van der Waals surface area (Å²) in [6.07, 6.45) is 8.98. The van der Waals surface area contributed by atoms with Gasteiger partial charge in [-0.25, -0.2) is 0 Å². The second kappa shape index (κ2) is 5.59. The highest BCUT2D eigenvalue weighted by Crippen LogP contribution is 2.40. The second-order valence-electron chi connectivity index (χ2n) is 6.12. The van der Waals surface area contributed by atoms with Crippen LogP contribution in [0.15, 0.2) is 18.3 Å². The SMILES string of the molecule is Cc1ccc(C(CN)N2CCC3CCCCC32)cn1. The fraction of sp³-hybridized carbons (Fsp3) is 0.688. The van der Waals surface area contributed by atoms with E-state index >= 15 is 0 Å². The zero-order chi connectivity index (χ0) is 13.2. The van der Waals surface area contributed by atoms with Crippen LogP contribution in [0.5, 0.6) is 0 Å². The van der Waals surface area contributed by atoms with E-state index in [0.717, 1.165) is 17.7 Å². The van der Waals surface area contributed by atoms with Crippen LogP contribution < -0.4 is 5.73 Å². The van der Waals surface area contributed by atoms with Gasteiger partial charge in [-0.2, -0.15) is 0 Å². The molecule has 1 saturated heterocycles.